The van der Waals surface area contributed by atoms with E-state index in [1.165, 1.54) is 10.4 Å². The summed E-state index contributed by atoms with van der Waals surface area (Å²) in [4.78, 5) is 35.0. The molecule has 33 heavy (non-hydrogen) atoms. The molecule has 1 amide bonds. The van der Waals surface area contributed by atoms with Gasteiger partial charge >= 0.3 is 0 Å². The molecule has 0 fully saturated rings. The predicted octanol–water partition coefficient (Wildman–Crippen LogP) is 4.97. The molecule has 2 aromatic heterocycles. The lowest BCUT2D eigenvalue weighted by molar-refractivity contribution is 0.0696. The molecule has 1 unspecified atom stereocenters. The molecule has 0 aliphatic carbocycles. The van der Waals surface area contributed by atoms with Gasteiger partial charge in [0, 0.05) is 30.0 Å². The van der Waals surface area contributed by atoms with Gasteiger partial charge in [-0.15, -0.1) is 11.3 Å². The molecule has 2 aliphatic heterocycles. The van der Waals surface area contributed by atoms with Crippen molar-refractivity contribution in [2.45, 2.75) is 44.7 Å². The molecule has 2 aliphatic rings. The van der Waals surface area contributed by atoms with Crippen molar-refractivity contribution in [2.24, 2.45) is 0 Å². The highest BCUT2D eigenvalue weighted by molar-refractivity contribution is 7.10. The van der Waals surface area contributed by atoms with Crippen molar-refractivity contribution in [3.8, 4) is 0 Å². The van der Waals surface area contributed by atoms with E-state index in [-0.39, 0.29) is 17.5 Å². The van der Waals surface area contributed by atoms with Crippen LogP contribution in [0.3, 0.4) is 0 Å². The third kappa shape index (κ3) is 3.49. The zero-order valence-electron chi connectivity index (χ0n) is 18.4. The van der Waals surface area contributed by atoms with Gasteiger partial charge in [-0.05, 0) is 60.0 Å². The fraction of sp³-hybridized carbons (Fsp3) is 0.296. The van der Waals surface area contributed by atoms with Gasteiger partial charge in [0.1, 0.15) is 5.82 Å². The predicted molar refractivity (Wildman–Crippen MR) is 131 cm³/mol. The lowest BCUT2D eigenvalue weighted by Gasteiger charge is -2.36. The number of amides is 1. The van der Waals surface area contributed by atoms with Gasteiger partial charge in [-0.3, -0.25) is 14.2 Å². The molecule has 0 saturated heterocycles. The van der Waals surface area contributed by atoms with E-state index in [9.17, 15) is 9.59 Å². The quantitative estimate of drug-likeness (QED) is 0.429. The van der Waals surface area contributed by atoms with Gasteiger partial charge in [-0.2, -0.15) is 0 Å². The fourth-order valence-corrected chi connectivity index (χ4v) is 6.15. The number of nitrogens with zero attached hydrogens (tertiary/aromatic N) is 3. The third-order valence-electron chi connectivity index (χ3n) is 6.91. The van der Waals surface area contributed by atoms with Crippen molar-refractivity contribution in [3.63, 3.8) is 0 Å². The number of hydrogen-bond acceptors (Lipinski definition) is 4. The number of benzene rings is 2. The first-order valence-electron chi connectivity index (χ1n) is 11.7. The number of aryl methyl sites for hydroxylation is 1. The number of carbonyl (C=O) groups excluding carboxylic acids is 1. The Morgan fingerprint density at radius 2 is 1.85 bits per heavy atom. The SMILES string of the molecule is O=C(c1ccc2c(=O)n3c(nc2c1)CCCCC3)N1CCc2sccc2C1c1ccccc1. The molecule has 0 saturated carbocycles. The summed E-state index contributed by atoms with van der Waals surface area (Å²) in [7, 11) is 0. The zero-order chi connectivity index (χ0) is 22.4. The molecule has 5 nitrogen and oxygen atoms in total. The Labute approximate surface area is 196 Å². The number of rotatable bonds is 2. The highest BCUT2D eigenvalue weighted by Crippen LogP contribution is 2.38. The maximum Gasteiger partial charge on any atom is 0.261 e. The van der Waals surface area contributed by atoms with Crippen molar-refractivity contribution in [1.29, 1.82) is 0 Å². The van der Waals surface area contributed by atoms with Crippen LogP contribution in [0.15, 0.2) is 64.8 Å². The number of thiophene rings is 1. The molecule has 0 bridgehead atoms. The van der Waals surface area contributed by atoms with Crippen LogP contribution < -0.4 is 5.56 Å². The van der Waals surface area contributed by atoms with E-state index in [0.29, 0.717) is 23.0 Å². The molecule has 0 N–H and O–H groups in total. The minimum absolute atomic E-state index is 0.0129. The molecule has 6 rings (SSSR count). The summed E-state index contributed by atoms with van der Waals surface area (Å²) < 4.78 is 1.82. The molecular weight excluding hydrogens is 430 g/mol. The molecule has 6 heteroatoms. The molecule has 2 aromatic carbocycles. The standard InChI is InChI=1S/C27H25N3O2S/c31-26(30-15-12-23-21(13-16-33-23)25(30)18-7-3-1-4-8-18)19-10-11-20-22(17-19)28-24-9-5-2-6-14-29(24)27(20)32/h1,3-4,7-8,10-11,13,16-17,25H,2,5-6,9,12,14-15H2. The molecule has 1 atom stereocenters. The van der Waals surface area contributed by atoms with E-state index in [2.05, 4.69) is 23.6 Å². The normalized spacial score (nSPS) is 17.9. The monoisotopic (exact) mass is 455 g/mol. The molecule has 166 valence electrons. The third-order valence-corrected chi connectivity index (χ3v) is 7.90. The summed E-state index contributed by atoms with van der Waals surface area (Å²) in [6.07, 6.45) is 4.85. The van der Waals surface area contributed by atoms with Crippen LogP contribution >= 0.6 is 11.3 Å². The van der Waals surface area contributed by atoms with Gasteiger partial charge in [-0.1, -0.05) is 36.8 Å². The van der Waals surface area contributed by atoms with E-state index in [1.54, 1.807) is 23.5 Å². The minimum Gasteiger partial charge on any atom is -0.327 e. The van der Waals surface area contributed by atoms with Crippen molar-refractivity contribution in [3.05, 3.63) is 97.7 Å². The second-order valence-electron chi connectivity index (χ2n) is 8.89. The van der Waals surface area contributed by atoms with Crippen LogP contribution in [0, 0.1) is 0 Å². The molecule has 0 spiro atoms. The highest BCUT2D eigenvalue weighted by atomic mass is 32.1. The van der Waals surface area contributed by atoms with Crippen molar-refractivity contribution >= 4 is 28.1 Å². The van der Waals surface area contributed by atoms with Gasteiger partial charge in [0.25, 0.3) is 11.5 Å². The Balaban J connectivity index is 1.42. The second-order valence-corrected chi connectivity index (χ2v) is 9.89. The van der Waals surface area contributed by atoms with Gasteiger partial charge in [-0.25, -0.2) is 4.98 Å². The van der Waals surface area contributed by atoms with E-state index in [1.807, 2.05) is 33.7 Å². The van der Waals surface area contributed by atoms with E-state index in [0.717, 1.165) is 50.0 Å². The van der Waals surface area contributed by atoms with E-state index >= 15 is 0 Å². The Morgan fingerprint density at radius 3 is 2.73 bits per heavy atom. The van der Waals surface area contributed by atoms with Crippen LogP contribution in [0.1, 0.15) is 57.5 Å². The Bertz CT molecular complexity index is 1410. The summed E-state index contributed by atoms with van der Waals surface area (Å²) in [6, 6.07) is 17.7. The summed E-state index contributed by atoms with van der Waals surface area (Å²) >= 11 is 1.77. The van der Waals surface area contributed by atoms with Gasteiger partial charge in [0.05, 0.1) is 16.9 Å². The van der Waals surface area contributed by atoms with Gasteiger partial charge in [0.15, 0.2) is 0 Å². The lowest BCUT2D eigenvalue weighted by Crippen LogP contribution is -2.40. The Morgan fingerprint density at radius 1 is 0.970 bits per heavy atom. The largest absolute Gasteiger partial charge is 0.327 e. The van der Waals surface area contributed by atoms with Crippen LogP contribution in [0.2, 0.25) is 0 Å². The summed E-state index contributed by atoms with van der Waals surface area (Å²) in [5, 5.41) is 2.71. The average Bonchev–Trinajstić information content (AvgIpc) is 3.21. The first-order chi connectivity index (χ1) is 16.2. The Kier molecular flexibility index (Phi) is 5.10. The van der Waals surface area contributed by atoms with Crippen LogP contribution in [0.4, 0.5) is 0 Å². The van der Waals surface area contributed by atoms with Crippen LogP contribution in [0.25, 0.3) is 10.9 Å². The number of fused-ring (bicyclic) bond motifs is 3. The molecule has 4 aromatic rings. The maximum absolute atomic E-state index is 13.8. The topological polar surface area (TPSA) is 55.2 Å². The fourth-order valence-electron chi connectivity index (χ4n) is 5.25. The molecule has 4 heterocycles. The van der Waals surface area contributed by atoms with Gasteiger partial charge in [0.2, 0.25) is 0 Å². The molecule has 0 radical (unpaired) electrons. The van der Waals surface area contributed by atoms with Crippen molar-refractivity contribution < 1.29 is 4.79 Å². The first kappa shape index (κ1) is 20.4. The lowest BCUT2D eigenvalue weighted by atomic mass is 9.92. The Hall–Kier alpha value is -3.25. The second kappa shape index (κ2) is 8.27. The summed E-state index contributed by atoms with van der Waals surface area (Å²) in [5.74, 6) is 0.831. The van der Waals surface area contributed by atoms with Crippen LogP contribution in [0.5, 0.6) is 0 Å². The highest BCUT2D eigenvalue weighted by Gasteiger charge is 2.33. The van der Waals surface area contributed by atoms with E-state index in [4.69, 9.17) is 4.98 Å². The number of carbonyl (C=O) groups is 1. The summed E-state index contributed by atoms with van der Waals surface area (Å²) in [5.41, 5.74) is 3.57. The first-order valence-corrected chi connectivity index (χ1v) is 12.5. The van der Waals surface area contributed by atoms with Crippen LogP contribution in [-0.4, -0.2) is 26.9 Å². The smallest absolute Gasteiger partial charge is 0.261 e. The van der Waals surface area contributed by atoms with Crippen LogP contribution in [-0.2, 0) is 19.4 Å². The summed E-state index contributed by atoms with van der Waals surface area (Å²) in [6.45, 7) is 1.40. The average molecular weight is 456 g/mol. The van der Waals surface area contributed by atoms with Gasteiger partial charge < -0.3 is 4.90 Å². The molecular formula is C27H25N3O2S. The van der Waals surface area contributed by atoms with E-state index < -0.39 is 0 Å². The van der Waals surface area contributed by atoms with Crippen molar-refractivity contribution in [1.82, 2.24) is 14.5 Å². The van der Waals surface area contributed by atoms with Crippen molar-refractivity contribution in [2.75, 3.05) is 6.54 Å². The maximum atomic E-state index is 13.8. The number of aromatic nitrogens is 2. The zero-order valence-corrected chi connectivity index (χ0v) is 19.2. The number of hydrogen-bond donors (Lipinski definition) is 0. The minimum atomic E-state index is -0.102.